The molecule has 0 aromatic heterocycles. The van der Waals surface area contributed by atoms with Gasteiger partial charge in [-0.1, -0.05) is 26.7 Å². The molecule has 1 rings (SSSR count). The monoisotopic (exact) mass is 202 g/mol. The van der Waals surface area contributed by atoms with E-state index in [1.165, 1.54) is 18.6 Å². The molecule has 1 heterocycles. The van der Waals surface area contributed by atoms with Gasteiger partial charge in [0.05, 0.1) is 6.10 Å². The molecule has 2 atom stereocenters. The highest BCUT2D eigenvalue weighted by Gasteiger charge is 2.39. The average molecular weight is 202 g/mol. The largest absolute Gasteiger partial charge is 0.391 e. The normalized spacial score (nSPS) is 31.2. The molecular formula is C11H22OS. The Morgan fingerprint density at radius 2 is 2.00 bits per heavy atom. The molecule has 1 fully saturated rings. The van der Waals surface area contributed by atoms with Crippen molar-refractivity contribution in [3.63, 3.8) is 0 Å². The molecule has 0 spiro atoms. The van der Waals surface area contributed by atoms with Crippen LogP contribution in [0.2, 0.25) is 0 Å². The third-order valence-corrected chi connectivity index (χ3v) is 4.97. The minimum atomic E-state index is -0.102. The van der Waals surface area contributed by atoms with Crippen LogP contribution >= 0.6 is 11.8 Å². The second-order valence-corrected chi connectivity index (χ2v) is 5.92. The third kappa shape index (κ3) is 2.41. The Labute approximate surface area is 86.3 Å². The lowest BCUT2D eigenvalue weighted by atomic mass is 9.85. The Bertz CT molecular complexity index is 148. The number of hydrogen-bond donors (Lipinski definition) is 1. The SMILES string of the molecule is CCC(CC)C(O)C1(C)CCCS1. The summed E-state index contributed by atoms with van der Waals surface area (Å²) in [5.41, 5.74) is 0. The molecule has 1 nitrogen and oxygen atoms in total. The first kappa shape index (κ1) is 11.4. The Kier molecular flexibility index (Phi) is 4.11. The summed E-state index contributed by atoms with van der Waals surface area (Å²) in [6, 6.07) is 0. The van der Waals surface area contributed by atoms with Gasteiger partial charge in [-0.2, -0.15) is 11.8 Å². The van der Waals surface area contributed by atoms with Crippen LogP contribution in [0.5, 0.6) is 0 Å². The highest BCUT2D eigenvalue weighted by molar-refractivity contribution is 8.00. The van der Waals surface area contributed by atoms with Crippen molar-refractivity contribution >= 4 is 11.8 Å². The molecule has 0 bridgehead atoms. The zero-order valence-corrected chi connectivity index (χ0v) is 9.86. The van der Waals surface area contributed by atoms with Crippen molar-refractivity contribution in [3.05, 3.63) is 0 Å². The molecule has 0 saturated carbocycles. The molecule has 78 valence electrons. The highest BCUT2D eigenvalue weighted by atomic mass is 32.2. The van der Waals surface area contributed by atoms with Crippen LogP contribution in [-0.2, 0) is 0 Å². The van der Waals surface area contributed by atoms with Gasteiger partial charge in [-0.05, 0) is 31.4 Å². The fourth-order valence-electron chi connectivity index (χ4n) is 2.27. The van der Waals surface area contributed by atoms with Crippen LogP contribution in [0, 0.1) is 5.92 Å². The highest BCUT2D eigenvalue weighted by Crippen LogP contribution is 2.43. The standard InChI is InChI=1S/C11H22OS/c1-4-9(5-2)10(12)11(3)7-6-8-13-11/h9-10,12H,4-8H2,1-3H3. The van der Waals surface area contributed by atoms with E-state index in [1.54, 1.807) is 0 Å². The van der Waals surface area contributed by atoms with Crippen LogP contribution in [0.1, 0.15) is 46.5 Å². The lowest BCUT2D eigenvalue weighted by Crippen LogP contribution is -2.39. The van der Waals surface area contributed by atoms with Crippen LogP contribution in [0.15, 0.2) is 0 Å². The summed E-state index contributed by atoms with van der Waals surface area (Å²) in [6.45, 7) is 6.59. The van der Waals surface area contributed by atoms with Crippen LogP contribution in [-0.4, -0.2) is 21.7 Å². The maximum Gasteiger partial charge on any atom is 0.0712 e. The molecule has 2 unspecified atom stereocenters. The summed E-state index contributed by atoms with van der Waals surface area (Å²) < 4.78 is 0.149. The van der Waals surface area contributed by atoms with Gasteiger partial charge >= 0.3 is 0 Å². The smallest absolute Gasteiger partial charge is 0.0712 e. The minimum absolute atomic E-state index is 0.102. The van der Waals surface area contributed by atoms with E-state index in [0.29, 0.717) is 5.92 Å². The van der Waals surface area contributed by atoms with Crippen LogP contribution < -0.4 is 0 Å². The number of aliphatic hydroxyl groups excluding tert-OH is 1. The van der Waals surface area contributed by atoms with Gasteiger partial charge in [-0.25, -0.2) is 0 Å². The molecule has 1 aliphatic heterocycles. The van der Waals surface area contributed by atoms with E-state index in [9.17, 15) is 5.11 Å². The number of thioether (sulfide) groups is 1. The van der Waals surface area contributed by atoms with Gasteiger partial charge in [0.2, 0.25) is 0 Å². The predicted octanol–water partition coefficient (Wildman–Crippen LogP) is 3.07. The molecule has 0 aliphatic carbocycles. The maximum atomic E-state index is 10.2. The summed E-state index contributed by atoms with van der Waals surface area (Å²) in [4.78, 5) is 0. The van der Waals surface area contributed by atoms with Crippen molar-refractivity contribution in [2.45, 2.75) is 57.3 Å². The van der Waals surface area contributed by atoms with Crippen LogP contribution in [0.4, 0.5) is 0 Å². The maximum absolute atomic E-state index is 10.2. The lowest BCUT2D eigenvalue weighted by Gasteiger charge is -2.34. The summed E-state index contributed by atoms with van der Waals surface area (Å²) >= 11 is 1.96. The van der Waals surface area contributed by atoms with Crippen molar-refractivity contribution < 1.29 is 5.11 Å². The van der Waals surface area contributed by atoms with Crippen LogP contribution in [0.25, 0.3) is 0 Å². The van der Waals surface area contributed by atoms with Crippen molar-refractivity contribution in [3.8, 4) is 0 Å². The van der Waals surface area contributed by atoms with Crippen LogP contribution in [0.3, 0.4) is 0 Å². The van der Waals surface area contributed by atoms with Crippen molar-refractivity contribution in [1.29, 1.82) is 0 Å². The van der Waals surface area contributed by atoms with E-state index < -0.39 is 0 Å². The molecule has 1 N–H and O–H groups in total. The van der Waals surface area contributed by atoms with E-state index in [4.69, 9.17) is 0 Å². The first-order chi connectivity index (χ1) is 6.14. The molecular weight excluding hydrogens is 180 g/mol. The van der Waals surface area contributed by atoms with Gasteiger partial charge in [0, 0.05) is 4.75 Å². The summed E-state index contributed by atoms with van der Waals surface area (Å²) in [5.74, 6) is 1.73. The van der Waals surface area contributed by atoms with Crippen molar-refractivity contribution in [2.75, 3.05) is 5.75 Å². The van der Waals surface area contributed by atoms with Gasteiger partial charge in [-0.3, -0.25) is 0 Å². The molecule has 1 saturated heterocycles. The molecule has 2 heteroatoms. The van der Waals surface area contributed by atoms with Gasteiger partial charge in [-0.15, -0.1) is 0 Å². The Balaban J connectivity index is 2.58. The fourth-order valence-corrected chi connectivity index (χ4v) is 3.67. The Hall–Kier alpha value is 0.310. The third-order valence-electron chi connectivity index (χ3n) is 3.37. The van der Waals surface area contributed by atoms with E-state index in [-0.39, 0.29) is 10.9 Å². The molecule has 0 amide bonds. The predicted molar refractivity (Wildman–Crippen MR) is 60.2 cm³/mol. The van der Waals surface area contributed by atoms with Gasteiger partial charge in [0.25, 0.3) is 0 Å². The summed E-state index contributed by atoms with van der Waals surface area (Å²) in [7, 11) is 0. The van der Waals surface area contributed by atoms with Gasteiger partial charge < -0.3 is 5.11 Å². The van der Waals surface area contributed by atoms with Gasteiger partial charge in [0.15, 0.2) is 0 Å². The fraction of sp³-hybridized carbons (Fsp3) is 1.00. The molecule has 0 aromatic rings. The summed E-state index contributed by atoms with van der Waals surface area (Å²) in [5, 5.41) is 10.2. The number of rotatable bonds is 4. The minimum Gasteiger partial charge on any atom is -0.391 e. The van der Waals surface area contributed by atoms with Crippen molar-refractivity contribution in [1.82, 2.24) is 0 Å². The number of aliphatic hydroxyl groups is 1. The molecule has 0 aromatic carbocycles. The number of hydrogen-bond acceptors (Lipinski definition) is 2. The molecule has 0 radical (unpaired) electrons. The second-order valence-electron chi connectivity index (χ2n) is 4.29. The van der Waals surface area contributed by atoms with E-state index in [0.717, 1.165) is 12.8 Å². The first-order valence-corrected chi connectivity index (χ1v) is 6.44. The topological polar surface area (TPSA) is 20.2 Å². The van der Waals surface area contributed by atoms with E-state index >= 15 is 0 Å². The first-order valence-electron chi connectivity index (χ1n) is 5.46. The molecule has 1 aliphatic rings. The Morgan fingerprint density at radius 1 is 1.38 bits per heavy atom. The second kappa shape index (κ2) is 4.70. The quantitative estimate of drug-likeness (QED) is 0.756. The zero-order valence-electron chi connectivity index (χ0n) is 9.05. The Morgan fingerprint density at radius 3 is 2.38 bits per heavy atom. The van der Waals surface area contributed by atoms with E-state index in [1.807, 2.05) is 11.8 Å². The van der Waals surface area contributed by atoms with Gasteiger partial charge in [0.1, 0.15) is 0 Å². The average Bonchev–Trinajstić information content (AvgIpc) is 2.55. The molecule has 13 heavy (non-hydrogen) atoms. The van der Waals surface area contributed by atoms with E-state index in [2.05, 4.69) is 20.8 Å². The van der Waals surface area contributed by atoms with Crippen molar-refractivity contribution in [2.24, 2.45) is 5.92 Å². The zero-order chi connectivity index (χ0) is 9.90. The summed E-state index contributed by atoms with van der Waals surface area (Å²) in [6.07, 6.45) is 4.57. The lowest BCUT2D eigenvalue weighted by molar-refractivity contribution is 0.0683.